The van der Waals surface area contributed by atoms with E-state index in [-0.39, 0.29) is 19.1 Å². The van der Waals surface area contributed by atoms with Gasteiger partial charge in [0.25, 0.3) is 7.82 Å². The molecule has 500 valence electrons. The Morgan fingerprint density at radius 1 is 0.424 bits per heavy atom. The van der Waals surface area contributed by atoms with Crippen LogP contribution in [0.1, 0.15) is 367 Å². The number of hydrogen-bond donors (Lipinski definition) is 2. The Morgan fingerprint density at radius 2 is 0.718 bits per heavy atom. The maximum atomic E-state index is 13.1. The van der Waals surface area contributed by atoms with Gasteiger partial charge in [-0.05, 0) is 57.8 Å². The van der Waals surface area contributed by atoms with E-state index < -0.39 is 20.0 Å². The first-order chi connectivity index (χ1) is 41.5. The summed E-state index contributed by atoms with van der Waals surface area (Å²) in [6.07, 6.45) is 91.7. The molecule has 0 aliphatic carbocycles. The first-order valence-corrected chi connectivity index (χ1v) is 38.6. The van der Waals surface area contributed by atoms with E-state index in [0.717, 1.165) is 70.6 Å². The summed E-state index contributed by atoms with van der Waals surface area (Å²) >= 11 is 0. The van der Waals surface area contributed by atoms with Gasteiger partial charge in [0.05, 0.1) is 39.9 Å². The number of aliphatic hydroxyl groups is 1. The lowest BCUT2D eigenvalue weighted by Crippen LogP contribution is -2.46. The number of nitrogens with zero attached hydrogens (tertiary/aromatic N) is 1. The maximum absolute atomic E-state index is 13.1. The van der Waals surface area contributed by atoms with Gasteiger partial charge in [-0.2, -0.15) is 0 Å². The molecule has 1 amide bonds. The van der Waals surface area contributed by atoms with Crippen molar-refractivity contribution in [3.8, 4) is 0 Å². The molecule has 0 heterocycles. The number of nitrogens with one attached hydrogen (secondary N) is 1. The van der Waals surface area contributed by atoms with E-state index in [2.05, 4.69) is 79.9 Å². The quantitative estimate of drug-likeness (QED) is 0.0272. The molecule has 0 aromatic carbocycles. The first-order valence-electron chi connectivity index (χ1n) is 37.1. The zero-order valence-electron chi connectivity index (χ0n) is 57.3. The van der Waals surface area contributed by atoms with Crippen molar-refractivity contribution in [2.45, 2.75) is 379 Å². The van der Waals surface area contributed by atoms with E-state index in [1.165, 1.54) is 270 Å². The summed E-state index contributed by atoms with van der Waals surface area (Å²) in [6.45, 7) is 4.66. The predicted molar refractivity (Wildman–Crippen MR) is 371 cm³/mol. The fourth-order valence-electron chi connectivity index (χ4n) is 11.3. The van der Waals surface area contributed by atoms with Crippen LogP contribution in [0.15, 0.2) is 60.8 Å². The van der Waals surface area contributed by atoms with Crippen LogP contribution in [0.2, 0.25) is 0 Å². The van der Waals surface area contributed by atoms with Crippen molar-refractivity contribution < 1.29 is 32.9 Å². The van der Waals surface area contributed by atoms with Crippen LogP contribution in [-0.2, 0) is 18.4 Å². The van der Waals surface area contributed by atoms with Gasteiger partial charge in [-0.1, -0.05) is 364 Å². The van der Waals surface area contributed by atoms with E-state index in [1.807, 2.05) is 21.1 Å². The Bertz CT molecular complexity index is 1570. The minimum atomic E-state index is -4.58. The number of phosphoric acid groups is 1. The summed E-state index contributed by atoms with van der Waals surface area (Å²) in [6, 6.07) is -0.803. The highest BCUT2D eigenvalue weighted by molar-refractivity contribution is 7.45. The van der Waals surface area contributed by atoms with Crippen LogP contribution in [-0.4, -0.2) is 68.5 Å². The maximum Gasteiger partial charge on any atom is 0.268 e. The van der Waals surface area contributed by atoms with Crippen LogP contribution >= 0.6 is 7.82 Å². The van der Waals surface area contributed by atoms with Crippen molar-refractivity contribution in [1.82, 2.24) is 5.32 Å². The smallest absolute Gasteiger partial charge is 0.268 e. The summed E-state index contributed by atoms with van der Waals surface area (Å²) in [4.78, 5) is 25.7. The van der Waals surface area contributed by atoms with Crippen molar-refractivity contribution in [1.29, 1.82) is 0 Å². The number of carbonyl (C=O) groups excluding carboxylic acids is 1. The van der Waals surface area contributed by atoms with Crippen LogP contribution in [0.4, 0.5) is 0 Å². The molecule has 0 spiro atoms. The molecule has 0 bridgehead atoms. The van der Waals surface area contributed by atoms with Crippen molar-refractivity contribution in [3.63, 3.8) is 0 Å². The number of quaternary nitrogens is 1. The van der Waals surface area contributed by atoms with Crippen molar-refractivity contribution in [3.05, 3.63) is 60.8 Å². The number of amides is 1. The van der Waals surface area contributed by atoms with Crippen molar-refractivity contribution in [2.75, 3.05) is 40.9 Å². The standard InChI is InChI=1S/C76H145N2O6P/c1-6-8-10-12-14-16-18-20-22-24-26-28-30-32-34-36-37-38-39-40-41-42-44-46-48-50-52-54-56-58-60-62-64-66-68-70-76(80)77-74(73-84-85(81,82)83-72-71-78(3,4)5)75(79)69-67-65-63-61-59-57-55-53-51-49-47-45-43-35-33-31-29-27-25-23-21-19-17-15-13-11-9-7-2/h8,10,14,16,20,22,26,28,32,34,74-75,79H,6-7,9,11-13,15,17-19,21,23-25,27,29-31,33,35-73H2,1-5H3,(H-,77,80,81,82)/b10-8-,16-14-,22-20-,28-26-,34-32-. The zero-order chi connectivity index (χ0) is 61.9. The highest BCUT2D eigenvalue weighted by Crippen LogP contribution is 2.38. The number of unbranched alkanes of at least 4 members (excludes halogenated alkanes) is 46. The Hall–Kier alpha value is -1.80. The number of likely N-dealkylation sites (N-methyl/N-ethyl adjacent to an activating group) is 1. The van der Waals surface area contributed by atoms with Gasteiger partial charge in [-0.15, -0.1) is 0 Å². The van der Waals surface area contributed by atoms with Crippen molar-refractivity contribution >= 4 is 13.7 Å². The SMILES string of the molecule is CC/C=C\C/C=C\C/C=C\C/C=C\C/C=C\CCCCCCCCCCCCCCCCCCCCCC(=O)NC(COP(=O)([O-])OCC[N+](C)(C)C)C(O)CCCCCCCCCCCCCCCCCCCCCCCCCCCCCC. The van der Waals surface area contributed by atoms with Crippen LogP contribution in [0.3, 0.4) is 0 Å². The predicted octanol–water partition coefficient (Wildman–Crippen LogP) is 23.3. The third kappa shape index (κ3) is 69.5. The molecule has 9 heteroatoms. The van der Waals surface area contributed by atoms with E-state index in [4.69, 9.17) is 9.05 Å². The minimum absolute atomic E-state index is 0.0132. The molecule has 3 atom stereocenters. The summed E-state index contributed by atoms with van der Waals surface area (Å²) < 4.78 is 23.6. The third-order valence-electron chi connectivity index (χ3n) is 17.0. The van der Waals surface area contributed by atoms with Gasteiger partial charge < -0.3 is 28.8 Å². The second-order valence-corrected chi connectivity index (χ2v) is 28.0. The van der Waals surface area contributed by atoms with E-state index in [9.17, 15) is 19.4 Å². The second kappa shape index (κ2) is 66.6. The molecule has 0 aromatic rings. The molecule has 0 aliphatic rings. The molecule has 0 aliphatic heterocycles. The number of allylic oxidation sites excluding steroid dienone is 10. The highest BCUT2D eigenvalue weighted by atomic mass is 31.2. The molecule has 2 N–H and O–H groups in total. The Labute approximate surface area is 530 Å². The van der Waals surface area contributed by atoms with Gasteiger partial charge in [-0.25, -0.2) is 0 Å². The van der Waals surface area contributed by atoms with E-state index >= 15 is 0 Å². The molecule has 3 unspecified atom stereocenters. The lowest BCUT2D eigenvalue weighted by molar-refractivity contribution is -0.870. The van der Waals surface area contributed by atoms with Gasteiger partial charge in [0.1, 0.15) is 13.2 Å². The molecule has 0 fully saturated rings. The van der Waals surface area contributed by atoms with Crippen LogP contribution in [0, 0.1) is 0 Å². The molecule has 85 heavy (non-hydrogen) atoms. The molecule has 0 radical (unpaired) electrons. The number of hydrogen-bond acceptors (Lipinski definition) is 6. The second-order valence-electron chi connectivity index (χ2n) is 26.6. The molecule has 0 saturated carbocycles. The van der Waals surface area contributed by atoms with Crippen LogP contribution < -0.4 is 10.2 Å². The topological polar surface area (TPSA) is 108 Å². The van der Waals surface area contributed by atoms with E-state index in [0.29, 0.717) is 23.9 Å². The molecular formula is C76H145N2O6P. The lowest BCUT2D eigenvalue weighted by atomic mass is 10.0. The van der Waals surface area contributed by atoms with Gasteiger partial charge >= 0.3 is 0 Å². The van der Waals surface area contributed by atoms with Gasteiger partial charge in [0.2, 0.25) is 5.91 Å². The van der Waals surface area contributed by atoms with Crippen molar-refractivity contribution in [2.24, 2.45) is 0 Å². The third-order valence-corrected chi connectivity index (χ3v) is 18.0. The fraction of sp³-hybridized carbons (Fsp3) is 0.855. The van der Waals surface area contributed by atoms with Gasteiger partial charge in [0, 0.05) is 6.42 Å². The van der Waals surface area contributed by atoms with Crippen LogP contribution in [0.25, 0.3) is 0 Å². The van der Waals surface area contributed by atoms with Gasteiger partial charge in [-0.3, -0.25) is 9.36 Å². The Balaban J connectivity index is 3.97. The monoisotopic (exact) mass is 1210 g/mol. The Morgan fingerprint density at radius 3 is 1.05 bits per heavy atom. The normalized spacial score (nSPS) is 13.9. The molecule has 0 saturated heterocycles. The average molecular weight is 1210 g/mol. The lowest BCUT2D eigenvalue weighted by Gasteiger charge is -2.30. The zero-order valence-corrected chi connectivity index (χ0v) is 58.2. The summed E-state index contributed by atoms with van der Waals surface area (Å²) in [5, 5.41) is 14.1. The number of carbonyl (C=O) groups is 1. The Kier molecular flexibility index (Phi) is 65.2. The number of aliphatic hydroxyl groups excluding tert-OH is 1. The number of phosphoric ester groups is 1. The van der Waals surface area contributed by atoms with Crippen LogP contribution in [0.5, 0.6) is 0 Å². The average Bonchev–Trinajstić information content (AvgIpc) is 3.48. The minimum Gasteiger partial charge on any atom is -0.756 e. The van der Waals surface area contributed by atoms with E-state index in [1.54, 1.807) is 0 Å². The van der Waals surface area contributed by atoms with Gasteiger partial charge in [0.15, 0.2) is 0 Å². The fourth-order valence-corrected chi connectivity index (χ4v) is 12.0. The molecule has 8 nitrogen and oxygen atoms in total. The molecule has 0 rings (SSSR count). The summed E-state index contributed by atoms with van der Waals surface area (Å²) in [5.74, 6) is -0.158. The first kappa shape index (κ1) is 83.2. The molecular weight excluding hydrogens is 1070 g/mol. The molecule has 0 aromatic heterocycles. The number of rotatable bonds is 69. The summed E-state index contributed by atoms with van der Waals surface area (Å²) in [7, 11) is 1.32. The highest BCUT2D eigenvalue weighted by Gasteiger charge is 2.24. The summed E-state index contributed by atoms with van der Waals surface area (Å²) in [5.41, 5.74) is 0. The largest absolute Gasteiger partial charge is 0.756 e.